The zero-order valence-electron chi connectivity index (χ0n) is 17.8. The Kier molecular flexibility index (Phi) is 4.98. The van der Waals surface area contributed by atoms with E-state index in [-0.39, 0.29) is 29.7 Å². The minimum absolute atomic E-state index is 0.0142. The minimum Gasteiger partial charge on any atom is -0.508 e. The summed E-state index contributed by atoms with van der Waals surface area (Å²) in [6.07, 6.45) is -0.635. The van der Waals surface area contributed by atoms with Crippen molar-refractivity contribution in [2.45, 2.75) is 50.7 Å². The zero-order valence-corrected chi connectivity index (χ0v) is 17.8. The van der Waals surface area contributed by atoms with E-state index < -0.39 is 34.8 Å². The highest BCUT2D eigenvalue weighted by Crippen LogP contribution is 2.56. The van der Waals surface area contributed by atoms with Crippen molar-refractivity contribution in [2.75, 3.05) is 0 Å². The molecule has 0 saturated heterocycles. The molecule has 2 atom stereocenters. The number of nitrogens with one attached hydrogen (secondary N) is 1. The molecule has 0 aliphatic heterocycles. The van der Waals surface area contributed by atoms with Gasteiger partial charge in [-0.2, -0.15) is 13.2 Å². The van der Waals surface area contributed by atoms with E-state index in [4.69, 9.17) is 0 Å². The SMILES string of the molecule is CC(C)(C)c1cc(F)c(CC2CC2(NC(=O)c2ccn3ccnc3c2)C(F)(F)F)cc1O. The Morgan fingerprint density at radius 3 is 2.62 bits per heavy atom. The Morgan fingerprint density at radius 2 is 1.97 bits per heavy atom. The largest absolute Gasteiger partial charge is 0.508 e. The lowest BCUT2D eigenvalue weighted by Crippen LogP contribution is -2.50. The molecule has 9 heteroatoms. The highest BCUT2D eigenvalue weighted by atomic mass is 19.4. The molecule has 3 aromatic rings. The summed E-state index contributed by atoms with van der Waals surface area (Å²) in [5, 5.41) is 12.4. The standard InChI is InChI=1S/C23H23F4N3O2/c1-21(2,3)16-11-17(24)14(9-18(16)31)8-15-12-22(15,23(25,26)27)29-20(32)13-4-6-30-7-5-28-19(30)10-13/h4-7,9-11,15,31H,8,12H2,1-3H3,(H,29,32). The highest BCUT2D eigenvalue weighted by molar-refractivity contribution is 5.96. The van der Waals surface area contributed by atoms with Gasteiger partial charge < -0.3 is 14.8 Å². The average Bonchev–Trinajstić information content (AvgIpc) is 3.17. The molecule has 32 heavy (non-hydrogen) atoms. The molecular formula is C23H23F4N3O2. The molecule has 2 N–H and O–H groups in total. The number of halogens is 4. The molecule has 1 amide bonds. The van der Waals surface area contributed by atoms with Gasteiger partial charge in [-0.1, -0.05) is 20.8 Å². The van der Waals surface area contributed by atoms with Crippen molar-refractivity contribution >= 4 is 11.6 Å². The molecule has 2 unspecified atom stereocenters. The van der Waals surface area contributed by atoms with Crippen LogP contribution in [0.5, 0.6) is 5.75 Å². The first-order valence-corrected chi connectivity index (χ1v) is 10.2. The van der Waals surface area contributed by atoms with E-state index in [1.807, 2.05) is 0 Å². The third-order valence-corrected chi connectivity index (χ3v) is 6.05. The number of pyridine rings is 1. The number of phenolic OH excluding ortho intramolecular Hbond substituents is 1. The number of hydrogen-bond acceptors (Lipinski definition) is 3. The molecule has 1 saturated carbocycles. The van der Waals surface area contributed by atoms with Crippen molar-refractivity contribution in [3.8, 4) is 5.75 Å². The third-order valence-electron chi connectivity index (χ3n) is 6.05. The summed E-state index contributed by atoms with van der Waals surface area (Å²) >= 11 is 0. The molecule has 0 radical (unpaired) electrons. The number of alkyl halides is 3. The summed E-state index contributed by atoms with van der Waals surface area (Å²) < 4.78 is 58.1. The quantitative estimate of drug-likeness (QED) is 0.564. The first kappa shape index (κ1) is 22.1. The molecule has 1 aliphatic rings. The topological polar surface area (TPSA) is 66.6 Å². The lowest BCUT2D eigenvalue weighted by Gasteiger charge is -2.24. The van der Waals surface area contributed by atoms with E-state index in [1.165, 1.54) is 36.7 Å². The lowest BCUT2D eigenvalue weighted by molar-refractivity contribution is -0.167. The molecule has 2 heterocycles. The summed E-state index contributed by atoms with van der Waals surface area (Å²) in [5.41, 5.74) is -2.13. The minimum atomic E-state index is -4.71. The number of rotatable bonds is 4. The van der Waals surface area contributed by atoms with Gasteiger partial charge in [0.15, 0.2) is 0 Å². The molecule has 1 aromatic carbocycles. The maximum atomic E-state index is 14.7. The molecule has 0 bridgehead atoms. The predicted molar refractivity (Wildman–Crippen MR) is 110 cm³/mol. The second kappa shape index (κ2) is 7.21. The molecule has 5 nitrogen and oxygen atoms in total. The molecule has 170 valence electrons. The summed E-state index contributed by atoms with van der Waals surface area (Å²) in [6.45, 7) is 5.40. The number of carbonyl (C=O) groups excluding carboxylic acids is 1. The van der Waals surface area contributed by atoms with Gasteiger partial charge in [0.25, 0.3) is 5.91 Å². The first-order chi connectivity index (χ1) is 14.8. The van der Waals surface area contributed by atoms with Crippen LogP contribution in [0.25, 0.3) is 5.65 Å². The fraction of sp³-hybridized carbons (Fsp3) is 0.391. The first-order valence-electron chi connectivity index (χ1n) is 10.2. The Morgan fingerprint density at radius 1 is 1.25 bits per heavy atom. The fourth-order valence-corrected chi connectivity index (χ4v) is 4.10. The lowest BCUT2D eigenvalue weighted by atomic mass is 9.85. The van der Waals surface area contributed by atoms with Crippen molar-refractivity contribution < 1.29 is 27.5 Å². The zero-order chi connectivity index (χ0) is 23.5. The van der Waals surface area contributed by atoms with Gasteiger partial charge >= 0.3 is 6.18 Å². The van der Waals surface area contributed by atoms with Crippen molar-refractivity contribution in [1.82, 2.24) is 14.7 Å². The summed E-state index contributed by atoms with van der Waals surface area (Å²) in [7, 11) is 0. The Hall–Kier alpha value is -3.10. The third kappa shape index (κ3) is 3.80. The average molecular weight is 449 g/mol. The van der Waals surface area contributed by atoms with Crippen LogP contribution in [0.15, 0.2) is 42.9 Å². The van der Waals surface area contributed by atoms with Crippen LogP contribution >= 0.6 is 0 Å². The smallest absolute Gasteiger partial charge is 0.411 e. The van der Waals surface area contributed by atoms with E-state index in [1.54, 1.807) is 31.4 Å². The van der Waals surface area contributed by atoms with E-state index in [0.29, 0.717) is 11.2 Å². The van der Waals surface area contributed by atoms with Crippen LogP contribution in [0.3, 0.4) is 0 Å². The summed E-state index contributed by atoms with van der Waals surface area (Å²) in [4.78, 5) is 16.7. The van der Waals surface area contributed by atoms with Crippen LogP contribution in [-0.4, -0.2) is 32.1 Å². The number of fused-ring (bicyclic) bond motifs is 1. The van der Waals surface area contributed by atoms with Crippen LogP contribution < -0.4 is 5.32 Å². The van der Waals surface area contributed by atoms with Crippen molar-refractivity contribution in [3.05, 3.63) is 65.4 Å². The van der Waals surface area contributed by atoms with Crippen molar-refractivity contribution in [2.24, 2.45) is 5.92 Å². The van der Waals surface area contributed by atoms with Crippen LogP contribution in [0.1, 0.15) is 48.7 Å². The van der Waals surface area contributed by atoms with Crippen LogP contribution in [-0.2, 0) is 11.8 Å². The number of carbonyl (C=O) groups is 1. The molecule has 1 fully saturated rings. The second-order valence-electron chi connectivity index (χ2n) is 9.35. The molecule has 4 rings (SSSR count). The number of imidazole rings is 1. The number of aromatic hydroxyl groups is 1. The van der Waals surface area contributed by atoms with Crippen molar-refractivity contribution in [3.63, 3.8) is 0 Å². The van der Waals surface area contributed by atoms with Gasteiger partial charge in [-0.05, 0) is 54.0 Å². The van der Waals surface area contributed by atoms with E-state index in [2.05, 4.69) is 10.3 Å². The van der Waals surface area contributed by atoms with Crippen molar-refractivity contribution in [1.29, 1.82) is 0 Å². The molecule has 1 aliphatic carbocycles. The van der Waals surface area contributed by atoms with Gasteiger partial charge in [0.2, 0.25) is 0 Å². The maximum Gasteiger partial charge on any atom is 0.411 e. The summed E-state index contributed by atoms with van der Waals surface area (Å²) in [6, 6.07) is 5.16. The van der Waals surface area contributed by atoms with E-state index >= 15 is 0 Å². The molecule has 2 aromatic heterocycles. The summed E-state index contributed by atoms with van der Waals surface area (Å²) in [5.74, 6) is -2.76. The van der Waals surface area contributed by atoms with Crippen LogP contribution in [0, 0.1) is 11.7 Å². The number of benzene rings is 1. The van der Waals surface area contributed by atoms with Gasteiger partial charge in [0, 0.05) is 29.7 Å². The van der Waals surface area contributed by atoms with Crippen LogP contribution in [0.2, 0.25) is 0 Å². The van der Waals surface area contributed by atoms with E-state index in [0.717, 1.165) is 0 Å². The number of amides is 1. The Balaban J connectivity index is 1.57. The molecular weight excluding hydrogens is 426 g/mol. The van der Waals surface area contributed by atoms with E-state index in [9.17, 15) is 27.5 Å². The Bertz CT molecular complexity index is 1200. The highest BCUT2D eigenvalue weighted by Gasteiger charge is 2.71. The number of nitrogens with zero attached hydrogens (tertiary/aromatic N) is 2. The maximum absolute atomic E-state index is 14.7. The number of aromatic nitrogens is 2. The molecule has 0 spiro atoms. The second-order valence-corrected chi connectivity index (χ2v) is 9.35. The van der Waals surface area contributed by atoms with Crippen LogP contribution in [0.4, 0.5) is 17.6 Å². The predicted octanol–water partition coefficient (Wildman–Crippen LogP) is 4.77. The fourth-order valence-electron chi connectivity index (χ4n) is 4.10. The monoisotopic (exact) mass is 449 g/mol. The van der Waals surface area contributed by atoms with Gasteiger partial charge in [-0.25, -0.2) is 9.37 Å². The normalized spacial score (nSPS) is 21.0. The van der Waals surface area contributed by atoms with Gasteiger partial charge in [0.05, 0.1) is 0 Å². The number of hydrogen-bond donors (Lipinski definition) is 2. The van der Waals surface area contributed by atoms with Gasteiger partial charge in [0.1, 0.15) is 22.8 Å². The number of phenols is 1. The van der Waals surface area contributed by atoms with Gasteiger partial charge in [-0.15, -0.1) is 0 Å². The van der Waals surface area contributed by atoms with Gasteiger partial charge in [-0.3, -0.25) is 4.79 Å². The Labute approximate surface area is 182 Å².